The van der Waals surface area contributed by atoms with Crippen LogP contribution in [0.3, 0.4) is 0 Å². The second kappa shape index (κ2) is 6.18. The quantitative estimate of drug-likeness (QED) is 0.861. The van der Waals surface area contributed by atoms with E-state index in [1.807, 2.05) is 0 Å². The Morgan fingerprint density at radius 2 is 2.05 bits per heavy atom. The first-order chi connectivity index (χ1) is 9.02. The molecule has 1 N–H and O–H groups in total. The predicted molar refractivity (Wildman–Crippen MR) is 79.3 cm³/mol. The highest BCUT2D eigenvalue weighted by Crippen LogP contribution is 2.30. The van der Waals surface area contributed by atoms with Gasteiger partial charge in [-0.15, -0.1) is 0 Å². The summed E-state index contributed by atoms with van der Waals surface area (Å²) in [5.41, 5.74) is 0.999. The van der Waals surface area contributed by atoms with Gasteiger partial charge < -0.3 is 5.32 Å². The number of hydrogen-bond donors (Lipinski definition) is 1. The summed E-state index contributed by atoms with van der Waals surface area (Å²) in [5, 5.41) is 3.85. The second-order valence-electron chi connectivity index (χ2n) is 3.91. The second-order valence-corrected chi connectivity index (χ2v) is 5.67. The molecule has 0 fully saturated rings. The fourth-order valence-electron chi connectivity index (χ4n) is 1.81. The number of hydrogen-bond acceptors (Lipinski definition) is 2. The Hall–Kier alpha value is -0.680. The summed E-state index contributed by atoms with van der Waals surface area (Å²) in [7, 11) is 1.72. The van der Waals surface area contributed by atoms with Crippen molar-refractivity contribution in [2.75, 3.05) is 7.05 Å². The number of pyridine rings is 1. The minimum atomic E-state index is -0.442. The number of nitrogens with one attached hydrogen (secondary N) is 1. The van der Waals surface area contributed by atoms with E-state index in [1.54, 1.807) is 25.2 Å². The monoisotopic (exact) mass is 362 g/mol. The van der Waals surface area contributed by atoms with Crippen molar-refractivity contribution < 1.29 is 4.39 Å². The molecule has 0 amide bonds. The summed E-state index contributed by atoms with van der Waals surface area (Å²) in [5.74, 6) is -0.324. The van der Waals surface area contributed by atoms with Gasteiger partial charge in [0.2, 0.25) is 0 Å². The van der Waals surface area contributed by atoms with Crippen molar-refractivity contribution in [2.24, 2.45) is 0 Å². The van der Waals surface area contributed by atoms with Gasteiger partial charge >= 0.3 is 0 Å². The van der Waals surface area contributed by atoms with Crippen LogP contribution in [0.5, 0.6) is 0 Å². The molecule has 2 rings (SSSR count). The van der Waals surface area contributed by atoms with Crippen LogP contribution in [0.1, 0.15) is 17.3 Å². The van der Waals surface area contributed by atoms with Crippen LogP contribution in [0.15, 0.2) is 34.9 Å². The normalized spacial score (nSPS) is 12.5. The van der Waals surface area contributed by atoms with Crippen molar-refractivity contribution >= 4 is 39.1 Å². The van der Waals surface area contributed by atoms with E-state index in [9.17, 15) is 4.39 Å². The van der Waals surface area contributed by atoms with E-state index in [2.05, 4.69) is 26.2 Å². The van der Waals surface area contributed by atoms with E-state index in [-0.39, 0.29) is 5.82 Å². The summed E-state index contributed by atoms with van der Waals surface area (Å²) in [6.07, 6.45) is 1.49. The molecule has 0 bridgehead atoms. The molecule has 6 heteroatoms. The van der Waals surface area contributed by atoms with Crippen LogP contribution in [0, 0.1) is 5.82 Å². The Morgan fingerprint density at radius 1 is 1.32 bits per heavy atom. The lowest BCUT2D eigenvalue weighted by atomic mass is 10.0. The fraction of sp³-hybridized carbons (Fsp3) is 0.154. The molecule has 1 aromatic carbocycles. The highest BCUT2D eigenvalue weighted by Gasteiger charge is 2.20. The lowest BCUT2D eigenvalue weighted by Crippen LogP contribution is -2.20. The van der Waals surface area contributed by atoms with E-state index >= 15 is 0 Å². The highest BCUT2D eigenvalue weighted by atomic mass is 79.9. The number of benzene rings is 1. The van der Waals surface area contributed by atoms with Crippen LogP contribution < -0.4 is 5.32 Å². The number of halogens is 4. The van der Waals surface area contributed by atoms with Gasteiger partial charge in [-0.05, 0) is 31.3 Å². The van der Waals surface area contributed by atoms with Gasteiger partial charge in [0.25, 0.3) is 0 Å². The van der Waals surface area contributed by atoms with E-state index in [1.165, 1.54) is 12.3 Å². The maximum Gasteiger partial charge on any atom is 0.128 e. The van der Waals surface area contributed by atoms with Crippen LogP contribution in [0.25, 0.3) is 0 Å². The minimum absolute atomic E-state index is 0.324. The third kappa shape index (κ3) is 3.26. The first-order valence-corrected chi connectivity index (χ1v) is 7.01. The molecule has 100 valence electrons. The van der Waals surface area contributed by atoms with Crippen molar-refractivity contribution in [3.63, 3.8) is 0 Å². The zero-order valence-electron chi connectivity index (χ0n) is 9.92. The van der Waals surface area contributed by atoms with Crippen molar-refractivity contribution in [1.29, 1.82) is 0 Å². The zero-order valence-corrected chi connectivity index (χ0v) is 13.0. The third-order valence-corrected chi connectivity index (χ3v) is 3.67. The first-order valence-electron chi connectivity index (χ1n) is 5.46. The van der Waals surface area contributed by atoms with Crippen LogP contribution in [-0.4, -0.2) is 12.0 Å². The van der Waals surface area contributed by atoms with Crippen molar-refractivity contribution in [1.82, 2.24) is 10.3 Å². The molecule has 0 radical (unpaired) electrons. The summed E-state index contributed by atoms with van der Waals surface area (Å²) in [6, 6.07) is 5.88. The molecule has 0 aliphatic rings. The van der Waals surface area contributed by atoms with Crippen LogP contribution >= 0.6 is 39.1 Å². The standard InChI is InChI=1S/C13H10BrCl2FN2/c1-18-12(9-4-7(14)2-3-11(9)17)13-10(16)5-8(15)6-19-13/h2-6,12,18H,1H3. The Bertz CT molecular complexity index is 607. The van der Waals surface area contributed by atoms with Crippen molar-refractivity contribution in [3.05, 3.63) is 62.1 Å². The zero-order chi connectivity index (χ0) is 14.0. The minimum Gasteiger partial charge on any atom is -0.308 e. The Kier molecular flexibility index (Phi) is 4.79. The molecule has 1 unspecified atom stereocenters. The van der Waals surface area contributed by atoms with E-state index in [0.29, 0.717) is 21.3 Å². The summed E-state index contributed by atoms with van der Waals surface area (Å²) < 4.78 is 14.7. The fourth-order valence-corrected chi connectivity index (χ4v) is 2.68. The van der Waals surface area contributed by atoms with Gasteiger partial charge in [-0.1, -0.05) is 39.1 Å². The van der Waals surface area contributed by atoms with Crippen molar-refractivity contribution in [3.8, 4) is 0 Å². The van der Waals surface area contributed by atoms with Gasteiger partial charge in [0, 0.05) is 16.2 Å². The smallest absolute Gasteiger partial charge is 0.128 e. The summed E-state index contributed by atoms with van der Waals surface area (Å²) in [6.45, 7) is 0. The molecular weight excluding hydrogens is 354 g/mol. The van der Waals surface area contributed by atoms with Gasteiger partial charge in [-0.25, -0.2) is 4.39 Å². The Morgan fingerprint density at radius 3 is 2.68 bits per heavy atom. The molecule has 0 spiro atoms. The molecule has 0 saturated carbocycles. The Labute approximate surface area is 129 Å². The average molecular weight is 364 g/mol. The first kappa shape index (κ1) is 14.7. The molecule has 0 aliphatic heterocycles. The van der Waals surface area contributed by atoms with Crippen LogP contribution in [0.2, 0.25) is 10.0 Å². The van der Waals surface area contributed by atoms with Gasteiger partial charge in [0.1, 0.15) is 5.82 Å². The lowest BCUT2D eigenvalue weighted by molar-refractivity contribution is 0.570. The largest absolute Gasteiger partial charge is 0.308 e. The van der Waals surface area contributed by atoms with Gasteiger partial charge in [0.15, 0.2) is 0 Å². The third-order valence-electron chi connectivity index (χ3n) is 2.67. The summed E-state index contributed by atoms with van der Waals surface area (Å²) >= 11 is 15.3. The van der Waals surface area contributed by atoms with Crippen LogP contribution in [0.4, 0.5) is 4.39 Å². The molecule has 2 nitrogen and oxygen atoms in total. The number of rotatable bonds is 3. The molecule has 1 atom stereocenters. The number of nitrogens with zero attached hydrogens (tertiary/aromatic N) is 1. The van der Waals surface area contributed by atoms with Gasteiger partial charge in [0.05, 0.1) is 21.8 Å². The van der Waals surface area contributed by atoms with Crippen LogP contribution in [-0.2, 0) is 0 Å². The summed E-state index contributed by atoms with van der Waals surface area (Å²) in [4.78, 5) is 4.19. The molecule has 1 aromatic heterocycles. The number of aromatic nitrogens is 1. The van der Waals surface area contributed by atoms with Gasteiger partial charge in [-0.3, -0.25) is 4.98 Å². The molecular formula is C13H10BrCl2FN2. The average Bonchev–Trinajstić information content (AvgIpc) is 2.36. The van der Waals surface area contributed by atoms with Gasteiger partial charge in [-0.2, -0.15) is 0 Å². The highest BCUT2D eigenvalue weighted by molar-refractivity contribution is 9.10. The SMILES string of the molecule is CNC(c1cc(Br)ccc1F)c1ncc(Cl)cc1Cl. The molecule has 2 aromatic rings. The van der Waals surface area contributed by atoms with E-state index < -0.39 is 6.04 Å². The molecule has 19 heavy (non-hydrogen) atoms. The topological polar surface area (TPSA) is 24.9 Å². The van der Waals surface area contributed by atoms with Crippen molar-refractivity contribution in [2.45, 2.75) is 6.04 Å². The lowest BCUT2D eigenvalue weighted by Gasteiger charge is -2.18. The predicted octanol–water partition coefficient (Wildman–Crippen LogP) is 4.60. The molecule has 0 aliphatic carbocycles. The van der Waals surface area contributed by atoms with E-state index in [4.69, 9.17) is 23.2 Å². The maximum atomic E-state index is 13.9. The molecule has 0 saturated heterocycles. The maximum absolute atomic E-state index is 13.9. The molecule has 1 heterocycles. The Balaban J connectivity index is 2.52. The van der Waals surface area contributed by atoms with E-state index in [0.717, 1.165) is 4.47 Å².